The summed E-state index contributed by atoms with van der Waals surface area (Å²) in [5.74, 6) is -1.08. The lowest BCUT2D eigenvalue weighted by molar-refractivity contribution is -0.119. The van der Waals surface area contributed by atoms with Crippen LogP contribution in [0.2, 0.25) is 10.2 Å². The first-order chi connectivity index (χ1) is 12.0. The lowest BCUT2D eigenvalue weighted by atomic mass is 10.1. The molecule has 0 atom stereocenters. The van der Waals surface area contributed by atoms with Gasteiger partial charge in [0.1, 0.15) is 5.15 Å². The van der Waals surface area contributed by atoms with Gasteiger partial charge in [-0.3, -0.25) is 4.79 Å². The number of nitrogens with zero attached hydrogens (tertiary/aromatic N) is 1. The third-order valence-corrected chi connectivity index (χ3v) is 3.91. The van der Waals surface area contributed by atoms with Crippen LogP contribution in [0.15, 0.2) is 54.6 Å². The molecule has 3 rings (SSSR count). The van der Waals surface area contributed by atoms with Crippen LogP contribution < -0.4 is 5.32 Å². The van der Waals surface area contributed by atoms with E-state index < -0.39 is 18.5 Å². The van der Waals surface area contributed by atoms with Crippen LogP contribution in [0, 0.1) is 0 Å². The average Bonchev–Trinajstić information content (AvgIpc) is 2.61. The van der Waals surface area contributed by atoms with Crippen molar-refractivity contribution in [3.8, 4) is 0 Å². The Morgan fingerprint density at radius 1 is 1.04 bits per heavy atom. The van der Waals surface area contributed by atoms with Crippen molar-refractivity contribution in [1.82, 2.24) is 4.98 Å². The minimum Gasteiger partial charge on any atom is -0.452 e. The van der Waals surface area contributed by atoms with Crippen LogP contribution in [-0.4, -0.2) is 23.5 Å². The summed E-state index contributed by atoms with van der Waals surface area (Å²) in [5.41, 5.74) is 1.45. The Hall–Kier alpha value is -2.63. The number of fused-ring (bicyclic) bond motifs is 1. The first-order valence-electron chi connectivity index (χ1n) is 7.31. The predicted molar refractivity (Wildman–Crippen MR) is 97.1 cm³/mol. The SMILES string of the molecule is O=C(COC(=O)c1ccc2nc(Cl)ccc2c1)Nc1ccccc1Cl. The molecule has 0 fully saturated rings. The molecule has 0 unspecified atom stereocenters. The average molecular weight is 375 g/mol. The highest BCUT2D eigenvalue weighted by molar-refractivity contribution is 6.33. The van der Waals surface area contributed by atoms with E-state index in [2.05, 4.69) is 10.3 Å². The van der Waals surface area contributed by atoms with Crippen LogP contribution in [-0.2, 0) is 9.53 Å². The number of hydrogen-bond donors (Lipinski definition) is 1. The zero-order valence-electron chi connectivity index (χ0n) is 12.8. The smallest absolute Gasteiger partial charge is 0.338 e. The number of nitrogens with one attached hydrogen (secondary N) is 1. The van der Waals surface area contributed by atoms with E-state index in [1.807, 2.05) is 0 Å². The number of amides is 1. The number of esters is 1. The Kier molecular flexibility index (Phi) is 5.16. The van der Waals surface area contributed by atoms with Crippen molar-refractivity contribution in [1.29, 1.82) is 0 Å². The molecule has 1 aromatic heterocycles. The van der Waals surface area contributed by atoms with Gasteiger partial charge in [0.2, 0.25) is 0 Å². The number of para-hydroxylation sites is 1. The zero-order valence-corrected chi connectivity index (χ0v) is 14.3. The number of pyridine rings is 1. The molecule has 0 saturated carbocycles. The van der Waals surface area contributed by atoms with E-state index in [-0.39, 0.29) is 0 Å². The number of carbonyl (C=O) groups is 2. The van der Waals surface area contributed by atoms with Gasteiger partial charge in [0.05, 0.1) is 21.8 Å². The van der Waals surface area contributed by atoms with Crippen molar-refractivity contribution in [3.05, 3.63) is 70.3 Å². The molecule has 1 amide bonds. The molecule has 0 spiro atoms. The zero-order chi connectivity index (χ0) is 17.8. The van der Waals surface area contributed by atoms with Gasteiger partial charge >= 0.3 is 5.97 Å². The van der Waals surface area contributed by atoms with Crippen molar-refractivity contribution >= 4 is 51.7 Å². The van der Waals surface area contributed by atoms with Crippen molar-refractivity contribution in [2.45, 2.75) is 0 Å². The summed E-state index contributed by atoms with van der Waals surface area (Å²) in [5, 5.41) is 4.11. The molecule has 5 nitrogen and oxygen atoms in total. The summed E-state index contributed by atoms with van der Waals surface area (Å²) in [7, 11) is 0. The van der Waals surface area contributed by atoms with Crippen molar-refractivity contribution in [2.24, 2.45) is 0 Å². The third-order valence-electron chi connectivity index (χ3n) is 3.37. The van der Waals surface area contributed by atoms with Crippen LogP contribution in [0.5, 0.6) is 0 Å². The molecule has 0 radical (unpaired) electrons. The maximum Gasteiger partial charge on any atom is 0.338 e. The lowest BCUT2D eigenvalue weighted by Gasteiger charge is -2.08. The molecular formula is C18H12Cl2N2O3. The molecule has 2 aromatic carbocycles. The van der Waals surface area contributed by atoms with Gasteiger partial charge in [-0.25, -0.2) is 9.78 Å². The molecule has 0 aliphatic carbocycles. The first-order valence-corrected chi connectivity index (χ1v) is 8.06. The molecule has 25 heavy (non-hydrogen) atoms. The van der Waals surface area contributed by atoms with Crippen LogP contribution in [0.25, 0.3) is 10.9 Å². The molecule has 1 N–H and O–H groups in total. The lowest BCUT2D eigenvalue weighted by Crippen LogP contribution is -2.21. The second-order valence-corrected chi connectivity index (χ2v) is 5.94. The second-order valence-electron chi connectivity index (χ2n) is 5.15. The fourth-order valence-corrected chi connectivity index (χ4v) is 2.53. The topological polar surface area (TPSA) is 68.3 Å². The van der Waals surface area contributed by atoms with Gasteiger partial charge in [0, 0.05) is 5.39 Å². The van der Waals surface area contributed by atoms with E-state index in [9.17, 15) is 9.59 Å². The van der Waals surface area contributed by atoms with Gasteiger partial charge in [-0.05, 0) is 42.5 Å². The van der Waals surface area contributed by atoms with E-state index in [0.717, 1.165) is 5.39 Å². The number of carbonyl (C=O) groups excluding carboxylic acids is 2. The highest BCUT2D eigenvalue weighted by Crippen LogP contribution is 2.20. The predicted octanol–water partition coefficient (Wildman–Crippen LogP) is 4.34. The highest BCUT2D eigenvalue weighted by Gasteiger charge is 2.12. The van der Waals surface area contributed by atoms with Crippen LogP contribution in [0.3, 0.4) is 0 Å². The fourth-order valence-electron chi connectivity index (χ4n) is 2.19. The molecule has 3 aromatic rings. The summed E-state index contributed by atoms with van der Waals surface area (Å²) in [6.45, 7) is -0.416. The Bertz CT molecular complexity index is 960. The van der Waals surface area contributed by atoms with Gasteiger partial charge in [-0.1, -0.05) is 35.3 Å². The maximum absolute atomic E-state index is 12.1. The number of aromatic nitrogens is 1. The molecule has 0 aliphatic rings. The Balaban J connectivity index is 1.63. The number of rotatable bonds is 4. The van der Waals surface area contributed by atoms with E-state index in [1.54, 1.807) is 54.6 Å². The van der Waals surface area contributed by atoms with Gasteiger partial charge in [0.25, 0.3) is 5.91 Å². The maximum atomic E-state index is 12.1. The molecule has 126 valence electrons. The standard InChI is InChI=1S/C18H12Cl2N2O3/c19-13-3-1-2-4-15(13)22-17(23)10-25-18(24)12-5-7-14-11(9-12)6-8-16(20)21-14/h1-9H,10H2,(H,22,23). The number of benzene rings is 2. The molecule has 7 heteroatoms. The van der Waals surface area contributed by atoms with Gasteiger partial charge in [-0.2, -0.15) is 0 Å². The summed E-state index contributed by atoms with van der Waals surface area (Å²) >= 11 is 11.8. The number of ether oxygens (including phenoxy) is 1. The van der Waals surface area contributed by atoms with Gasteiger partial charge in [-0.15, -0.1) is 0 Å². The Labute approximate surface area is 153 Å². The van der Waals surface area contributed by atoms with E-state index in [1.165, 1.54) is 0 Å². The van der Waals surface area contributed by atoms with Gasteiger partial charge < -0.3 is 10.1 Å². The molecule has 0 bridgehead atoms. The quantitative estimate of drug-likeness (QED) is 0.544. The van der Waals surface area contributed by atoms with Crippen molar-refractivity contribution in [2.75, 3.05) is 11.9 Å². The van der Waals surface area contributed by atoms with Crippen LogP contribution in [0.4, 0.5) is 5.69 Å². The van der Waals surface area contributed by atoms with E-state index in [4.69, 9.17) is 27.9 Å². The van der Waals surface area contributed by atoms with E-state index in [0.29, 0.717) is 26.9 Å². The Morgan fingerprint density at radius 2 is 1.84 bits per heavy atom. The highest BCUT2D eigenvalue weighted by atomic mass is 35.5. The molecule has 0 aliphatic heterocycles. The minimum absolute atomic E-state index is 0.321. The number of halogens is 2. The fraction of sp³-hybridized carbons (Fsp3) is 0.0556. The largest absolute Gasteiger partial charge is 0.452 e. The summed E-state index contributed by atoms with van der Waals surface area (Å²) < 4.78 is 5.03. The molecule has 1 heterocycles. The number of hydrogen-bond acceptors (Lipinski definition) is 4. The number of anilines is 1. The normalized spacial score (nSPS) is 10.5. The summed E-state index contributed by atoms with van der Waals surface area (Å²) in [4.78, 5) is 28.1. The molecular weight excluding hydrogens is 363 g/mol. The molecule has 0 saturated heterocycles. The monoisotopic (exact) mass is 374 g/mol. The summed E-state index contributed by atoms with van der Waals surface area (Å²) in [6, 6.07) is 15.1. The second kappa shape index (κ2) is 7.51. The van der Waals surface area contributed by atoms with Crippen LogP contribution in [0.1, 0.15) is 10.4 Å². The Morgan fingerprint density at radius 3 is 2.64 bits per heavy atom. The van der Waals surface area contributed by atoms with Crippen molar-refractivity contribution < 1.29 is 14.3 Å². The van der Waals surface area contributed by atoms with E-state index >= 15 is 0 Å². The van der Waals surface area contributed by atoms with Crippen molar-refractivity contribution in [3.63, 3.8) is 0 Å². The third kappa shape index (κ3) is 4.26. The minimum atomic E-state index is -0.605. The van der Waals surface area contributed by atoms with Crippen LogP contribution >= 0.6 is 23.2 Å². The summed E-state index contributed by atoms with van der Waals surface area (Å²) in [6.07, 6.45) is 0. The van der Waals surface area contributed by atoms with Gasteiger partial charge in [0.15, 0.2) is 6.61 Å². The first kappa shape index (κ1) is 17.2.